The SMILES string of the molecule is COc1cccc(CNC(=O)c2nc3ccc(F)c(OCc4ccc(C(=O)O)cc4)c3c(=O)[nH]2)c1.[K]. The van der Waals surface area contributed by atoms with Crippen molar-refractivity contribution in [1.82, 2.24) is 15.3 Å². The molecule has 36 heavy (non-hydrogen) atoms. The number of aromatic carboxylic acids is 1. The topological polar surface area (TPSA) is 131 Å². The van der Waals surface area contributed by atoms with E-state index >= 15 is 0 Å². The Hall–Kier alpha value is -3.09. The third kappa shape index (κ3) is 6.36. The van der Waals surface area contributed by atoms with Crippen LogP contribution in [0.4, 0.5) is 4.39 Å². The van der Waals surface area contributed by atoms with Crippen LogP contribution in [-0.4, -0.2) is 85.4 Å². The Morgan fingerprint density at radius 3 is 2.53 bits per heavy atom. The molecule has 0 unspecified atom stereocenters. The fourth-order valence-electron chi connectivity index (χ4n) is 3.37. The number of nitrogens with zero attached hydrogens (tertiary/aromatic N) is 1. The maximum Gasteiger partial charge on any atom is 0.335 e. The quantitative estimate of drug-likeness (QED) is 0.307. The molecule has 0 atom stereocenters. The Morgan fingerprint density at radius 1 is 1.08 bits per heavy atom. The van der Waals surface area contributed by atoms with E-state index in [4.69, 9.17) is 14.6 Å². The van der Waals surface area contributed by atoms with Gasteiger partial charge in [-0.2, -0.15) is 0 Å². The maximum atomic E-state index is 14.5. The molecule has 11 heteroatoms. The molecule has 1 amide bonds. The number of halogens is 1. The van der Waals surface area contributed by atoms with Gasteiger partial charge in [0, 0.05) is 57.9 Å². The Morgan fingerprint density at radius 2 is 1.83 bits per heavy atom. The summed E-state index contributed by atoms with van der Waals surface area (Å²) in [5, 5.41) is 11.5. The van der Waals surface area contributed by atoms with Gasteiger partial charge in [0.15, 0.2) is 17.4 Å². The first kappa shape index (κ1) is 27.5. The summed E-state index contributed by atoms with van der Waals surface area (Å²) in [7, 11) is 1.54. The Kier molecular flexibility index (Phi) is 9.35. The number of carbonyl (C=O) groups is 2. The van der Waals surface area contributed by atoms with Crippen LogP contribution in [0.1, 0.15) is 32.1 Å². The van der Waals surface area contributed by atoms with Gasteiger partial charge in [-0.1, -0.05) is 24.3 Å². The molecular weight excluding hydrogens is 496 g/mol. The van der Waals surface area contributed by atoms with Gasteiger partial charge in [-0.3, -0.25) is 9.59 Å². The predicted octanol–water partition coefficient (Wildman–Crippen LogP) is 2.90. The van der Waals surface area contributed by atoms with Crippen molar-refractivity contribution in [2.45, 2.75) is 13.2 Å². The van der Waals surface area contributed by atoms with Gasteiger partial charge in [0.1, 0.15) is 17.7 Å². The number of carbonyl (C=O) groups excluding carboxylic acids is 1. The molecule has 0 aliphatic heterocycles. The number of nitrogens with one attached hydrogen (secondary N) is 2. The minimum absolute atomic E-state index is 0. The van der Waals surface area contributed by atoms with E-state index in [1.54, 1.807) is 24.3 Å². The number of hydrogen-bond donors (Lipinski definition) is 3. The van der Waals surface area contributed by atoms with E-state index in [1.165, 1.54) is 37.4 Å². The maximum absolute atomic E-state index is 14.5. The molecule has 0 saturated heterocycles. The van der Waals surface area contributed by atoms with E-state index in [2.05, 4.69) is 15.3 Å². The number of benzene rings is 3. The molecule has 0 saturated carbocycles. The molecule has 3 aromatic carbocycles. The first-order valence-electron chi connectivity index (χ1n) is 10.4. The molecule has 4 rings (SSSR count). The van der Waals surface area contributed by atoms with Crippen LogP contribution in [0.2, 0.25) is 0 Å². The van der Waals surface area contributed by atoms with Gasteiger partial charge in [-0.05, 0) is 47.5 Å². The second-order valence-corrected chi connectivity index (χ2v) is 7.51. The number of aromatic nitrogens is 2. The number of hydrogen-bond acceptors (Lipinski definition) is 6. The van der Waals surface area contributed by atoms with Crippen molar-refractivity contribution in [3.05, 3.63) is 99.3 Å². The van der Waals surface area contributed by atoms with Gasteiger partial charge in [-0.25, -0.2) is 14.2 Å². The van der Waals surface area contributed by atoms with Crippen molar-refractivity contribution >= 4 is 74.2 Å². The number of amides is 1. The van der Waals surface area contributed by atoms with Crippen molar-refractivity contribution in [3.63, 3.8) is 0 Å². The summed E-state index contributed by atoms with van der Waals surface area (Å²) in [6.07, 6.45) is 0. The van der Waals surface area contributed by atoms with Crippen molar-refractivity contribution in [3.8, 4) is 11.5 Å². The first-order valence-corrected chi connectivity index (χ1v) is 10.4. The minimum atomic E-state index is -1.07. The molecule has 0 aliphatic rings. The molecule has 1 aromatic heterocycles. The summed E-state index contributed by atoms with van der Waals surface area (Å²) in [6.45, 7) is 0.0639. The zero-order valence-corrected chi connectivity index (χ0v) is 22.6. The number of H-pyrrole nitrogens is 1. The van der Waals surface area contributed by atoms with Crippen LogP contribution >= 0.6 is 0 Å². The normalized spacial score (nSPS) is 10.4. The monoisotopic (exact) mass is 516 g/mol. The van der Waals surface area contributed by atoms with E-state index in [1.807, 2.05) is 0 Å². The molecule has 0 aliphatic carbocycles. The molecule has 0 fully saturated rings. The number of methoxy groups -OCH3 is 1. The fourth-order valence-corrected chi connectivity index (χ4v) is 3.37. The average Bonchev–Trinajstić information content (AvgIpc) is 2.87. The van der Waals surface area contributed by atoms with Crippen LogP contribution in [0.25, 0.3) is 10.9 Å². The van der Waals surface area contributed by atoms with Gasteiger partial charge in [0.25, 0.3) is 11.5 Å². The van der Waals surface area contributed by atoms with Crippen molar-refractivity contribution < 1.29 is 28.6 Å². The van der Waals surface area contributed by atoms with E-state index in [0.717, 1.165) is 11.6 Å². The van der Waals surface area contributed by atoms with E-state index in [0.29, 0.717) is 11.3 Å². The molecular formula is C25H20FKN3O6. The van der Waals surface area contributed by atoms with Gasteiger partial charge in [-0.15, -0.1) is 0 Å². The molecule has 0 bridgehead atoms. The number of aromatic amines is 1. The summed E-state index contributed by atoms with van der Waals surface area (Å²) in [6, 6.07) is 15.4. The molecule has 1 heterocycles. The largest absolute Gasteiger partial charge is 0.497 e. The summed E-state index contributed by atoms with van der Waals surface area (Å²) < 4.78 is 25.2. The van der Waals surface area contributed by atoms with Crippen molar-refractivity contribution in [1.29, 1.82) is 0 Å². The first-order chi connectivity index (χ1) is 16.9. The molecule has 1 radical (unpaired) electrons. The molecule has 0 spiro atoms. The second-order valence-electron chi connectivity index (χ2n) is 7.51. The van der Waals surface area contributed by atoms with Crippen molar-refractivity contribution in [2.24, 2.45) is 0 Å². The summed E-state index contributed by atoms with van der Waals surface area (Å²) in [4.78, 5) is 42.9. The van der Waals surface area contributed by atoms with Gasteiger partial charge in [0.2, 0.25) is 0 Å². The number of ether oxygens (including phenoxy) is 2. The van der Waals surface area contributed by atoms with Crippen molar-refractivity contribution in [2.75, 3.05) is 7.11 Å². The summed E-state index contributed by atoms with van der Waals surface area (Å²) in [5.74, 6) is -2.37. The standard InChI is InChI=1S/C25H20FN3O6.K/c1-34-17-4-2-3-15(11-17)12-27-24(31)22-28-19-10-9-18(26)21(20(19)23(30)29-22)35-13-14-5-7-16(8-6-14)25(32)33;/h2-11H,12-13H2,1H3,(H,27,31)(H,32,33)(H,28,29,30);. The van der Waals surface area contributed by atoms with Crippen LogP contribution in [0.5, 0.6) is 11.5 Å². The predicted molar refractivity (Wildman–Crippen MR) is 130 cm³/mol. The van der Waals surface area contributed by atoms with Crippen LogP contribution in [0.3, 0.4) is 0 Å². The molecule has 9 nitrogen and oxygen atoms in total. The Balaban J connectivity index is 0.00000361. The van der Waals surface area contributed by atoms with E-state index < -0.39 is 23.3 Å². The number of rotatable bonds is 8. The molecule has 179 valence electrons. The third-order valence-electron chi connectivity index (χ3n) is 5.17. The fraction of sp³-hybridized carbons (Fsp3) is 0.120. The van der Waals surface area contributed by atoms with Gasteiger partial charge in [0.05, 0.1) is 18.2 Å². The Bertz CT molecular complexity index is 1470. The third-order valence-corrected chi connectivity index (χ3v) is 5.17. The van der Waals surface area contributed by atoms with Gasteiger partial charge >= 0.3 is 5.97 Å². The minimum Gasteiger partial charge on any atom is -0.497 e. The number of carboxylic acid groups (broad SMARTS) is 1. The second kappa shape index (κ2) is 12.2. The van der Waals surface area contributed by atoms with Gasteiger partial charge < -0.3 is 24.9 Å². The van der Waals surface area contributed by atoms with E-state index in [-0.39, 0.29) is 92.6 Å². The van der Waals surface area contributed by atoms with Crippen LogP contribution < -0.4 is 20.3 Å². The van der Waals surface area contributed by atoms with E-state index in [9.17, 15) is 18.8 Å². The average molecular weight is 517 g/mol. The smallest absolute Gasteiger partial charge is 0.335 e. The number of carboxylic acids is 1. The Labute approximate surface area is 247 Å². The molecule has 4 aromatic rings. The summed E-state index contributed by atoms with van der Waals surface area (Å²) >= 11 is 0. The summed E-state index contributed by atoms with van der Waals surface area (Å²) in [5.41, 5.74) is 0.803. The zero-order chi connectivity index (χ0) is 24.9. The zero-order valence-electron chi connectivity index (χ0n) is 19.5. The molecule has 3 N–H and O–H groups in total. The van der Waals surface area contributed by atoms with Crippen LogP contribution in [0, 0.1) is 5.82 Å². The van der Waals surface area contributed by atoms with Crippen LogP contribution in [-0.2, 0) is 13.2 Å². The van der Waals surface area contributed by atoms with Crippen LogP contribution in [0.15, 0.2) is 65.5 Å². The number of fused-ring (bicyclic) bond motifs is 1.